The summed E-state index contributed by atoms with van der Waals surface area (Å²) < 4.78 is 48.7. The van der Waals surface area contributed by atoms with Crippen LogP contribution in [0.15, 0.2) is 66.8 Å². The summed E-state index contributed by atoms with van der Waals surface area (Å²) in [5.41, 5.74) is 3.72. The summed E-state index contributed by atoms with van der Waals surface area (Å²) in [7, 11) is 0. The van der Waals surface area contributed by atoms with Gasteiger partial charge in [-0.1, -0.05) is 52.8 Å². The van der Waals surface area contributed by atoms with Gasteiger partial charge in [-0.3, -0.25) is 4.79 Å². The number of aliphatic carboxylic acids is 1. The van der Waals surface area contributed by atoms with Gasteiger partial charge in [0.15, 0.2) is 6.61 Å². The normalized spacial score (nSPS) is 10.2. The number of aryl methyl sites for hydroxylation is 1. The van der Waals surface area contributed by atoms with Gasteiger partial charge in [0.25, 0.3) is 0 Å². The molecule has 0 aliphatic heterocycles. The van der Waals surface area contributed by atoms with Crippen LogP contribution in [0.1, 0.15) is 66.1 Å². The molecule has 2 aromatic carbocycles. The third kappa shape index (κ3) is 14.3. The van der Waals surface area contributed by atoms with Crippen molar-refractivity contribution in [2.45, 2.75) is 75.1 Å². The molecule has 3 aromatic rings. The van der Waals surface area contributed by atoms with E-state index >= 15 is 0 Å². The minimum Gasteiger partial charge on any atom is -0.482 e. The van der Waals surface area contributed by atoms with Crippen LogP contribution >= 0.6 is 0 Å². The first-order valence-electron chi connectivity index (χ1n) is 13.4. The number of rotatable bonds is 7. The smallest absolute Gasteiger partial charge is 0.482 e. The number of fused-ring (bicyclic) bond motifs is 1. The molecule has 0 saturated carbocycles. The number of carbonyl (C=O) groups is 2. The van der Waals surface area contributed by atoms with Crippen molar-refractivity contribution in [3.63, 3.8) is 0 Å². The molecule has 0 fully saturated rings. The fourth-order valence-corrected chi connectivity index (χ4v) is 3.01. The molecule has 6 nitrogen and oxygen atoms in total. The predicted octanol–water partition coefficient (Wildman–Crippen LogP) is 9.40. The largest absolute Gasteiger partial charge is 0.573 e. The van der Waals surface area contributed by atoms with E-state index in [1.165, 1.54) is 12.1 Å². The summed E-state index contributed by atoms with van der Waals surface area (Å²) in [4.78, 5) is 20.3. The van der Waals surface area contributed by atoms with Gasteiger partial charge in [-0.05, 0) is 69.5 Å². The Bertz CT molecular complexity index is 1240. The molecule has 1 N–H and O–H groups in total. The van der Waals surface area contributed by atoms with Gasteiger partial charge < -0.3 is 19.1 Å². The van der Waals surface area contributed by atoms with Gasteiger partial charge in [0, 0.05) is 28.9 Å². The van der Waals surface area contributed by atoms with Gasteiger partial charge in [0.1, 0.15) is 17.8 Å². The number of halogens is 3. The number of carboxylic acids is 1. The van der Waals surface area contributed by atoms with Gasteiger partial charge in [-0.25, -0.2) is 4.79 Å². The van der Waals surface area contributed by atoms with E-state index in [1.54, 1.807) is 47.9 Å². The average molecular weight is 580 g/mol. The van der Waals surface area contributed by atoms with Crippen LogP contribution in [0.4, 0.5) is 13.2 Å². The van der Waals surface area contributed by atoms with E-state index < -0.39 is 18.9 Å². The second-order valence-electron chi connectivity index (χ2n) is 7.80. The second kappa shape index (κ2) is 20.8. The maximum atomic E-state index is 12.6. The first kappa shape index (κ1) is 39.1. The van der Waals surface area contributed by atoms with E-state index in [1.807, 2.05) is 54.5 Å². The van der Waals surface area contributed by atoms with Crippen LogP contribution in [0.2, 0.25) is 0 Å². The third-order valence-electron chi connectivity index (χ3n) is 5.09. The van der Waals surface area contributed by atoms with Crippen molar-refractivity contribution < 1.29 is 37.3 Å². The van der Waals surface area contributed by atoms with Gasteiger partial charge in [0.05, 0.1) is 5.52 Å². The summed E-state index contributed by atoms with van der Waals surface area (Å²) in [6.07, 6.45) is 0.785. The van der Waals surface area contributed by atoms with E-state index in [0.717, 1.165) is 34.9 Å². The predicted molar refractivity (Wildman–Crippen MR) is 161 cm³/mol. The van der Waals surface area contributed by atoms with Crippen LogP contribution in [0, 0.1) is 13.8 Å². The standard InChI is InChI=1S/C19H16F3NO4.C5H8O.C4H8.2C2H6/c1-11-12(2)23(13-4-3-5-14(8-13)26-10-18(24)25)17-9-15(6-7-16(11)17)27-19(20,21)22;1-3-5(2)4-6;1-3-4-2;2*1-2/h3-9H,10H2,1-2H3,(H,24,25);3-4H,1-2H3;3H,1,4H2,2H3;2*1-2H3/b;5-3+;;;. The third-order valence-corrected chi connectivity index (χ3v) is 5.09. The first-order chi connectivity index (χ1) is 19.4. The lowest BCUT2D eigenvalue weighted by Crippen LogP contribution is -2.17. The van der Waals surface area contributed by atoms with Gasteiger partial charge in [-0.15, -0.1) is 19.8 Å². The van der Waals surface area contributed by atoms with Crippen molar-refractivity contribution in [2.24, 2.45) is 0 Å². The number of aromatic nitrogens is 1. The van der Waals surface area contributed by atoms with Crippen molar-refractivity contribution in [3.05, 3.63) is 78.0 Å². The summed E-state index contributed by atoms with van der Waals surface area (Å²) in [6, 6.07) is 10.9. The van der Waals surface area contributed by atoms with Crippen LogP contribution in [0.5, 0.6) is 11.5 Å². The second-order valence-corrected chi connectivity index (χ2v) is 7.80. The maximum absolute atomic E-state index is 12.6. The monoisotopic (exact) mass is 579 g/mol. The number of allylic oxidation sites excluding steroid dienone is 3. The first-order valence-corrected chi connectivity index (χ1v) is 13.4. The zero-order chi connectivity index (χ0) is 32.2. The fourth-order valence-electron chi connectivity index (χ4n) is 3.01. The Hall–Kier alpha value is -4.01. The number of carboxylic acid groups (broad SMARTS) is 1. The zero-order valence-electron chi connectivity index (χ0n) is 25.6. The molecule has 0 aliphatic rings. The van der Waals surface area contributed by atoms with Crippen molar-refractivity contribution in [1.29, 1.82) is 0 Å². The molecule has 0 aliphatic carbocycles. The number of hydrogen-bond donors (Lipinski definition) is 1. The Morgan fingerprint density at radius 1 is 1.05 bits per heavy atom. The van der Waals surface area contributed by atoms with Gasteiger partial charge in [-0.2, -0.15) is 0 Å². The summed E-state index contributed by atoms with van der Waals surface area (Å²) in [5, 5.41) is 9.53. The van der Waals surface area contributed by atoms with E-state index in [2.05, 4.69) is 18.2 Å². The van der Waals surface area contributed by atoms with Crippen LogP contribution in [0.3, 0.4) is 0 Å². The van der Waals surface area contributed by atoms with E-state index in [9.17, 15) is 22.8 Å². The average Bonchev–Trinajstić information content (AvgIpc) is 3.22. The highest BCUT2D eigenvalue weighted by Crippen LogP contribution is 2.33. The quantitative estimate of drug-likeness (QED) is 0.171. The summed E-state index contributed by atoms with van der Waals surface area (Å²) >= 11 is 0. The molecular formula is C32H44F3NO5. The molecule has 9 heteroatoms. The lowest BCUT2D eigenvalue weighted by Gasteiger charge is -2.12. The minimum absolute atomic E-state index is 0.313. The van der Waals surface area contributed by atoms with E-state index in [0.29, 0.717) is 17.0 Å². The Labute approximate surface area is 242 Å². The molecule has 41 heavy (non-hydrogen) atoms. The highest BCUT2D eigenvalue weighted by molar-refractivity contribution is 5.88. The van der Waals surface area contributed by atoms with Crippen molar-refractivity contribution in [2.75, 3.05) is 6.61 Å². The molecule has 3 rings (SSSR count). The van der Waals surface area contributed by atoms with Crippen LogP contribution in [-0.2, 0) is 9.59 Å². The van der Waals surface area contributed by atoms with Crippen LogP contribution in [-0.4, -0.2) is 34.9 Å². The van der Waals surface area contributed by atoms with Crippen molar-refractivity contribution in [1.82, 2.24) is 4.57 Å². The SMILES string of the molecule is C/C=C(\C)C=O.C=CCC.CC.CC.Cc1c(C)n(-c2cccc(OCC(=O)O)c2)c2cc(OC(F)(F)F)ccc12. The lowest BCUT2D eigenvalue weighted by molar-refractivity contribution is -0.274. The topological polar surface area (TPSA) is 77.8 Å². The van der Waals surface area contributed by atoms with Crippen molar-refractivity contribution >= 4 is 23.2 Å². The number of ether oxygens (including phenoxy) is 2. The summed E-state index contributed by atoms with van der Waals surface area (Å²) in [5.74, 6) is -1.07. The number of nitrogens with zero attached hydrogens (tertiary/aromatic N) is 1. The van der Waals surface area contributed by atoms with Gasteiger partial charge in [0.2, 0.25) is 0 Å². The van der Waals surface area contributed by atoms with Crippen LogP contribution in [0.25, 0.3) is 16.6 Å². The molecule has 0 atom stereocenters. The molecule has 228 valence electrons. The van der Waals surface area contributed by atoms with Gasteiger partial charge >= 0.3 is 12.3 Å². The number of carbonyl (C=O) groups excluding carboxylic acids is 1. The van der Waals surface area contributed by atoms with E-state index in [-0.39, 0.29) is 5.75 Å². The highest BCUT2D eigenvalue weighted by atomic mass is 19.4. The molecule has 1 aromatic heterocycles. The molecule has 0 saturated heterocycles. The Balaban J connectivity index is 0. The fraction of sp³-hybridized carbons (Fsp3) is 0.375. The number of hydrogen-bond acceptors (Lipinski definition) is 4. The van der Waals surface area contributed by atoms with Crippen LogP contribution < -0.4 is 9.47 Å². The Morgan fingerprint density at radius 2 is 1.63 bits per heavy atom. The maximum Gasteiger partial charge on any atom is 0.573 e. The minimum atomic E-state index is -4.78. The number of benzene rings is 2. The molecule has 0 amide bonds. The number of alkyl halides is 3. The highest BCUT2D eigenvalue weighted by Gasteiger charge is 2.31. The van der Waals surface area contributed by atoms with Crippen molar-refractivity contribution in [3.8, 4) is 17.2 Å². The number of aldehydes is 1. The lowest BCUT2D eigenvalue weighted by atomic mass is 10.1. The Morgan fingerprint density at radius 3 is 2.07 bits per heavy atom. The molecule has 0 spiro atoms. The Kier molecular flexibility index (Phi) is 19.9. The summed E-state index contributed by atoms with van der Waals surface area (Å²) in [6.45, 7) is 20.4. The molecule has 1 heterocycles. The molecule has 0 unspecified atom stereocenters. The molecular weight excluding hydrogens is 535 g/mol. The molecule has 0 bridgehead atoms. The van der Waals surface area contributed by atoms with E-state index in [4.69, 9.17) is 9.84 Å². The molecule has 0 radical (unpaired) electrons. The zero-order valence-corrected chi connectivity index (χ0v) is 25.6.